The maximum atomic E-state index is 7.70. The molecule has 0 fully saturated rings. The number of halogens is 2. The number of unbranched alkanes of at least 4 members (excludes halogenated alkanes) is 1. The second-order valence-corrected chi connectivity index (χ2v) is 26.0. The van der Waals surface area contributed by atoms with Gasteiger partial charge in [-0.25, -0.2) is 0 Å². The number of fused-ring (bicyclic) bond motifs is 4. The van der Waals surface area contributed by atoms with Gasteiger partial charge in [-0.3, -0.25) is 0 Å². The predicted octanol–water partition coefficient (Wildman–Crippen LogP) is 7.04. The molecule has 1 aliphatic carbocycles. The van der Waals surface area contributed by atoms with Crippen LogP contribution in [0.15, 0.2) is 90.5 Å². The Morgan fingerprint density at radius 1 is 0.833 bits per heavy atom. The third kappa shape index (κ3) is 4.06. The molecule has 1 atom stereocenters. The molecular weight excluding hydrogens is 575 g/mol. The summed E-state index contributed by atoms with van der Waals surface area (Å²) in [6.07, 6.45) is 5.87. The van der Waals surface area contributed by atoms with Gasteiger partial charge in [-0.05, 0) is 0 Å². The average Bonchev–Trinajstić information content (AvgIpc) is 3.44. The van der Waals surface area contributed by atoms with E-state index in [1.54, 1.807) is 0 Å². The summed E-state index contributed by atoms with van der Waals surface area (Å²) < 4.78 is 1.43. The number of hydrogen-bond donors (Lipinski definition) is 0. The minimum absolute atomic E-state index is 0.129. The standard InChI is InChI=1S/C20H21.C12H9Si.2ClH.Zr/c1-3-4-8-17-11-12-18-13-15(2)14-19(18)20(17)16-9-6-5-7-10-16;1-3-7-11-9(5-1)10-6-2-4-8-12(10)13-11;;;/h5-7,9-14H,3-4,8H2,1-2H3;1-7H,13H2;2*1H;/q;;;;+2/p-2. The van der Waals surface area contributed by atoms with Gasteiger partial charge in [-0.1, -0.05) is 0 Å². The van der Waals surface area contributed by atoms with Crippen molar-refractivity contribution in [3.63, 3.8) is 0 Å². The van der Waals surface area contributed by atoms with E-state index in [2.05, 4.69) is 105 Å². The molecule has 1 heterocycles. The molecule has 0 saturated heterocycles. The van der Waals surface area contributed by atoms with Crippen molar-refractivity contribution in [1.82, 2.24) is 0 Å². The number of allylic oxidation sites excluding steroid dienone is 1. The van der Waals surface area contributed by atoms with Crippen molar-refractivity contribution < 1.29 is 17.9 Å². The van der Waals surface area contributed by atoms with Crippen LogP contribution in [0.1, 0.15) is 47.0 Å². The molecule has 180 valence electrons. The Hall–Kier alpha value is -1.70. The molecule has 4 aromatic carbocycles. The van der Waals surface area contributed by atoms with E-state index in [0.29, 0.717) is 0 Å². The fraction of sp³-hybridized carbons (Fsp3) is 0.188. The van der Waals surface area contributed by atoms with E-state index in [-0.39, 0.29) is 3.63 Å². The molecule has 0 spiro atoms. The van der Waals surface area contributed by atoms with Gasteiger partial charge in [0.25, 0.3) is 0 Å². The first-order valence-electron chi connectivity index (χ1n) is 13.0. The van der Waals surface area contributed by atoms with Crippen LogP contribution in [0.4, 0.5) is 0 Å². The van der Waals surface area contributed by atoms with Crippen LogP contribution in [0.25, 0.3) is 28.3 Å². The molecule has 4 aromatic rings. The Kier molecular flexibility index (Phi) is 6.76. The van der Waals surface area contributed by atoms with Crippen LogP contribution in [-0.2, 0) is 24.3 Å². The van der Waals surface area contributed by atoms with Crippen molar-refractivity contribution >= 4 is 46.3 Å². The van der Waals surface area contributed by atoms with Crippen molar-refractivity contribution in [3.8, 4) is 22.3 Å². The molecule has 0 bridgehead atoms. The molecule has 6 rings (SSSR count). The van der Waals surface area contributed by atoms with Gasteiger partial charge in [0.05, 0.1) is 0 Å². The fourth-order valence-corrected chi connectivity index (χ4v) is 23.4. The quantitative estimate of drug-likeness (QED) is 0.183. The van der Waals surface area contributed by atoms with E-state index >= 15 is 0 Å². The maximum absolute atomic E-state index is 7.70. The summed E-state index contributed by atoms with van der Waals surface area (Å²) in [5, 5.41) is 3.00. The van der Waals surface area contributed by atoms with Gasteiger partial charge in [0, 0.05) is 0 Å². The first kappa shape index (κ1) is 24.6. The molecular formula is C32H30Cl2SiZr. The average molecular weight is 605 g/mol. The van der Waals surface area contributed by atoms with Gasteiger partial charge in [0.2, 0.25) is 0 Å². The predicted molar refractivity (Wildman–Crippen MR) is 158 cm³/mol. The van der Waals surface area contributed by atoms with E-state index in [1.165, 1.54) is 71.0 Å². The van der Waals surface area contributed by atoms with Crippen LogP contribution >= 0.6 is 17.0 Å². The first-order valence-corrected chi connectivity index (χ1v) is 23.4. The van der Waals surface area contributed by atoms with Crippen LogP contribution < -0.4 is 13.6 Å². The normalized spacial score (nSPS) is 16.6. The van der Waals surface area contributed by atoms with E-state index in [9.17, 15) is 0 Å². The summed E-state index contributed by atoms with van der Waals surface area (Å²) in [6, 6.07) is 31.1. The second kappa shape index (κ2) is 9.88. The van der Waals surface area contributed by atoms with E-state index in [1.807, 2.05) is 0 Å². The molecule has 2 aliphatic rings. The van der Waals surface area contributed by atoms with Gasteiger partial charge in [-0.15, -0.1) is 0 Å². The third-order valence-electron chi connectivity index (χ3n) is 7.94. The van der Waals surface area contributed by atoms with Crippen molar-refractivity contribution in [3.05, 3.63) is 107 Å². The fourth-order valence-electron chi connectivity index (χ4n) is 6.27. The number of hydrogen-bond acceptors (Lipinski definition) is 0. The zero-order chi connectivity index (χ0) is 24.9. The van der Waals surface area contributed by atoms with Gasteiger partial charge in [0.1, 0.15) is 0 Å². The van der Waals surface area contributed by atoms with Crippen molar-refractivity contribution in [2.75, 3.05) is 0 Å². The van der Waals surface area contributed by atoms with Crippen LogP contribution in [0.2, 0.25) is 0 Å². The molecule has 0 radical (unpaired) electrons. The van der Waals surface area contributed by atoms with Gasteiger partial charge in [0.15, 0.2) is 0 Å². The molecule has 0 amide bonds. The number of rotatable bonds is 6. The topological polar surface area (TPSA) is 0 Å². The summed E-state index contributed by atoms with van der Waals surface area (Å²) in [5.74, 6) is 0. The van der Waals surface area contributed by atoms with Crippen LogP contribution in [0.3, 0.4) is 0 Å². The molecule has 36 heavy (non-hydrogen) atoms. The molecule has 0 saturated carbocycles. The first-order chi connectivity index (χ1) is 17.5. The molecule has 0 N–H and O–H groups in total. The molecule has 4 heteroatoms. The molecule has 1 aliphatic heterocycles. The zero-order valence-corrected chi connectivity index (χ0v) is 26.2. The second-order valence-electron chi connectivity index (χ2n) is 10.2. The summed E-state index contributed by atoms with van der Waals surface area (Å²) in [7, 11) is 14.8. The number of benzene rings is 4. The van der Waals surface area contributed by atoms with Gasteiger partial charge in [-0.2, -0.15) is 0 Å². The van der Waals surface area contributed by atoms with Crippen LogP contribution in [0.5, 0.6) is 0 Å². The van der Waals surface area contributed by atoms with Crippen molar-refractivity contribution in [1.29, 1.82) is 0 Å². The van der Waals surface area contributed by atoms with Gasteiger partial charge >= 0.3 is 230 Å². The van der Waals surface area contributed by atoms with Crippen molar-refractivity contribution in [2.45, 2.75) is 36.7 Å². The Morgan fingerprint density at radius 3 is 2.39 bits per heavy atom. The monoisotopic (exact) mass is 602 g/mol. The summed E-state index contributed by atoms with van der Waals surface area (Å²) in [4.78, 5) is 0. The van der Waals surface area contributed by atoms with E-state index < -0.39 is 27.4 Å². The molecule has 0 aromatic heterocycles. The van der Waals surface area contributed by atoms with Crippen LogP contribution in [-0.4, -0.2) is 9.52 Å². The van der Waals surface area contributed by atoms with E-state index in [0.717, 1.165) is 6.42 Å². The minimum atomic E-state index is -3.87. The summed E-state index contributed by atoms with van der Waals surface area (Å²) in [6.45, 7) is 4.51. The third-order valence-corrected chi connectivity index (χ3v) is 22.5. The Labute approximate surface area is 228 Å². The van der Waals surface area contributed by atoms with Gasteiger partial charge < -0.3 is 0 Å². The Balaban J connectivity index is 1.49. The summed E-state index contributed by atoms with van der Waals surface area (Å²) in [5.41, 5.74) is 10.9. The Bertz CT molecular complexity index is 1490. The SMILES string of the molecule is CCCCc1ccc2c(c1-c1ccccc1)C=C(C)[CH]2[Zr]([Cl])([Cl])[c]1cccc2c1[SiH2]c1ccccc1-2. The molecule has 1 unspecified atom stereocenters. The Morgan fingerprint density at radius 2 is 1.58 bits per heavy atom. The van der Waals surface area contributed by atoms with Crippen LogP contribution in [0, 0.1) is 0 Å². The number of aryl methyl sites for hydroxylation is 1. The summed E-state index contributed by atoms with van der Waals surface area (Å²) >= 11 is -3.87. The van der Waals surface area contributed by atoms with Crippen molar-refractivity contribution in [2.24, 2.45) is 0 Å². The molecule has 0 nitrogen and oxygen atoms in total. The van der Waals surface area contributed by atoms with E-state index in [4.69, 9.17) is 17.0 Å². The zero-order valence-electron chi connectivity index (χ0n) is 20.8.